The third-order valence-electron chi connectivity index (χ3n) is 10.1. The molecule has 3 heterocycles. The number of azo groups is 3. The Morgan fingerprint density at radius 2 is 1.51 bits per heavy atom. The van der Waals surface area contributed by atoms with E-state index in [9.17, 15) is 49.3 Å². The van der Waals surface area contributed by atoms with Gasteiger partial charge in [-0.05, 0) is 79.4 Å². The van der Waals surface area contributed by atoms with Crippen LogP contribution in [0.25, 0.3) is 37.7 Å². The fourth-order valence-electron chi connectivity index (χ4n) is 6.90. The fraction of sp³-hybridized carbons (Fsp3) is 0.167. The molecule has 0 aliphatic rings. The van der Waals surface area contributed by atoms with Gasteiger partial charge in [0.1, 0.15) is 50.5 Å². The lowest BCUT2D eigenvalue weighted by atomic mass is 10.1. The Balaban J connectivity index is 1.15. The first kappa shape index (κ1) is 50.1. The molecule has 3 aromatic heterocycles. The zero-order valence-electron chi connectivity index (χ0n) is 35.9. The van der Waals surface area contributed by atoms with E-state index in [2.05, 4.69) is 46.7 Å². The minimum atomic E-state index is -4.85. The number of thiazole rings is 1. The molecule has 70 heavy (non-hydrogen) atoms. The van der Waals surface area contributed by atoms with E-state index in [4.69, 9.17) is 27.9 Å². The molecule has 0 bridgehead atoms. The first-order valence-corrected chi connectivity index (χ1v) is 27.2. The summed E-state index contributed by atoms with van der Waals surface area (Å²) in [4.78, 5) is 8.06. The number of pyridine rings is 1. The molecule has 0 saturated carbocycles. The Kier molecular flexibility index (Phi) is 14.2. The summed E-state index contributed by atoms with van der Waals surface area (Å²) in [5, 5.41) is 47.6. The van der Waals surface area contributed by atoms with Crippen LogP contribution in [-0.2, 0) is 30.4 Å². The smallest absolute Gasteiger partial charge is 0.296 e. The van der Waals surface area contributed by atoms with Crippen molar-refractivity contribution in [2.45, 2.75) is 41.4 Å². The van der Waals surface area contributed by atoms with E-state index in [1.807, 2.05) is 6.92 Å². The molecule has 0 amide bonds. The lowest BCUT2D eigenvalue weighted by molar-refractivity contribution is 0.318. The van der Waals surface area contributed by atoms with Crippen molar-refractivity contribution in [3.05, 3.63) is 94.0 Å². The van der Waals surface area contributed by atoms with Crippen molar-refractivity contribution in [3.8, 4) is 17.7 Å². The third-order valence-corrected chi connectivity index (χ3v) is 15.4. The number of hydrogen-bond acceptors (Lipinski definition) is 19. The summed E-state index contributed by atoms with van der Waals surface area (Å²) in [6.07, 6.45) is 0.621. The zero-order chi connectivity index (χ0) is 50.3. The number of aromatic nitrogens is 3. The lowest BCUT2D eigenvalue weighted by Crippen LogP contribution is -2.04. The molecule has 8 aromatic rings. The van der Waals surface area contributed by atoms with E-state index in [0.717, 1.165) is 41.3 Å². The molecule has 0 atom stereocenters. The van der Waals surface area contributed by atoms with E-state index in [1.165, 1.54) is 34.7 Å². The van der Waals surface area contributed by atoms with Crippen LogP contribution in [0.4, 0.5) is 33.6 Å². The summed E-state index contributed by atoms with van der Waals surface area (Å²) in [6.45, 7) is 3.73. The molecule has 0 radical (unpaired) electrons. The molecule has 8 rings (SSSR count). The van der Waals surface area contributed by atoms with Gasteiger partial charge in [-0.25, -0.2) is 9.97 Å². The van der Waals surface area contributed by atoms with Crippen LogP contribution in [0.15, 0.2) is 118 Å². The predicted molar refractivity (Wildman–Crippen MR) is 264 cm³/mol. The van der Waals surface area contributed by atoms with Gasteiger partial charge in [-0.2, -0.15) is 30.5 Å². The number of fused-ring (bicyclic) bond motifs is 6. The number of imidazole rings is 1. The molecule has 5 aromatic carbocycles. The summed E-state index contributed by atoms with van der Waals surface area (Å²) in [5.74, 6) is -0.493. The number of para-hydroxylation sites is 2. The Morgan fingerprint density at radius 3 is 2.21 bits per heavy atom. The first-order valence-electron chi connectivity index (χ1n) is 20.1. The van der Waals surface area contributed by atoms with Crippen molar-refractivity contribution >= 4 is 148 Å². The summed E-state index contributed by atoms with van der Waals surface area (Å²) in [6, 6.07) is 19.5. The number of benzene rings is 5. The van der Waals surface area contributed by atoms with Crippen molar-refractivity contribution < 1.29 is 48.8 Å². The van der Waals surface area contributed by atoms with E-state index in [0.29, 0.717) is 27.9 Å². The average Bonchev–Trinajstić information content (AvgIpc) is 3.91. The number of thioether (sulfide) groups is 1. The van der Waals surface area contributed by atoms with E-state index in [1.54, 1.807) is 31.2 Å². The number of nitriles is 1. The Morgan fingerprint density at radius 1 is 0.829 bits per heavy atom. The van der Waals surface area contributed by atoms with E-state index in [-0.39, 0.29) is 106 Å². The van der Waals surface area contributed by atoms with Gasteiger partial charge in [-0.1, -0.05) is 59.7 Å². The molecule has 0 aliphatic heterocycles. The van der Waals surface area contributed by atoms with Crippen LogP contribution in [0, 0.1) is 18.3 Å². The number of halogens is 2. The Bertz CT molecular complexity index is 3950. The van der Waals surface area contributed by atoms with Crippen LogP contribution in [0.2, 0.25) is 10.0 Å². The quantitative estimate of drug-likeness (QED) is 0.0302. The Labute approximate surface area is 415 Å². The fourth-order valence-corrected chi connectivity index (χ4v) is 11.1. The van der Waals surface area contributed by atoms with E-state index >= 15 is 0 Å². The Hall–Kier alpha value is -6.25. The molecule has 0 aliphatic carbocycles. The minimum Gasteiger partial charge on any atom is -0.493 e. The molecular weight excluding hydrogens is 1050 g/mol. The standard InChI is InChI=1S/C42H32Cl2N10O11S5/c1-3-11-65-34-18-29(48-52-37-21(2)25(20-45)40-46-28-7-4-5-8-33(28)54(40)41(37)55)26(43)16-31(34)50-51-32-17-27(44)30(19-35(32)66-12-6-13-68(56,57)58)49-53-42-47-38-36(70(62,63)64)14-22-9-10-23(69(59,60)61)15-24(22)39(38)67-42/h4-5,7-10,14-19,55H,3,6,11-13H2,1-2H3,(H,56,57,58)(H,59,60,61)(H,62,63,64). The first-order chi connectivity index (χ1) is 33.1. The lowest BCUT2D eigenvalue weighted by Gasteiger charge is -2.11. The molecule has 0 unspecified atom stereocenters. The average molecular weight is 1080 g/mol. The summed E-state index contributed by atoms with van der Waals surface area (Å²) in [7, 11) is -13.8. The molecule has 4 N–H and O–H groups in total. The summed E-state index contributed by atoms with van der Waals surface area (Å²) in [5.41, 5.74) is 2.09. The van der Waals surface area contributed by atoms with Gasteiger partial charge in [-0.15, -0.1) is 42.4 Å². The maximum Gasteiger partial charge on any atom is 0.296 e. The molecule has 0 fully saturated rings. The molecule has 0 spiro atoms. The second-order valence-electron chi connectivity index (χ2n) is 14.9. The van der Waals surface area contributed by atoms with Gasteiger partial charge in [-0.3, -0.25) is 18.1 Å². The highest BCUT2D eigenvalue weighted by Gasteiger charge is 2.24. The van der Waals surface area contributed by atoms with Gasteiger partial charge in [0.25, 0.3) is 30.4 Å². The highest BCUT2D eigenvalue weighted by Crippen LogP contribution is 2.45. The topological polar surface area (TPSA) is 321 Å². The van der Waals surface area contributed by atoms with Crippen molar-refractivity contribution in [1.29, 1.82) is 5.26 Å². The van der Waals surface area contributed by atoms with Gasteiger partial charge in [0.2, 0.25) is 11.0 Å². The normalized spacial score (nSPS) is 12.8. The largest absolute Gasteiger partial charge is 0.493 e. The van der Waals surface area contributed by atoms with Crippen LogP contribution >= 0.6 is 46.3 Å². The van der Waals surface area contributed by atoms with Crippen LogP contribution in [0.5, 0.6) is 11.6 Å². The van der Waals surface area contributed by atoms with Crippen LogP contribution < -0.4 is 4.74 Å². The van der Waals surface area contributed by atoms with Crippen molar-refractivity contribution in [2.24, 2.45) is 30.7 Å². The highest BCUT2D eigenvalue weighted by atomic mass is 35.5. The molecule has 28 heteroatoms. The minimum absolute atomic E-state index is 0.00129. The SMILES string of the molecule is CCCOc1cc(N=Nc2c(C)c(C#N)c3nc4ccccc4n3c2O)c(Cl)cc1N=Nc1cc(Cl)c(N=Nc2nc3c(S(=O)(=O)O)cc4ccc(S(=O)(=O)O)cc4c3s2)cc1SCCCS(=O)(=O)O. The molecular formula is C42H32Cl2N10O11S5. The van der Waals surface area contributed by atoms with Gasteiger partial charge in [0.15, 0.2) is 11.3 Å². The number of ether oxygens (including phenoxy) is 1. The number of aromatic hydroxyl groups is 1. The van der Waals surface area contributed by atoms with Crippen LogP contribution in [0.3, 0.4) is 0 Å². The van der Waals surface area contributed by atoms with Gasteiger partial charge >= 0.3 is 0 Å². The number of nitrogens with zero attached hydrogens (tertiary/aromatic N) is 10. The number of hydrogen-bond donors (Lipinski definition) is 4. The van der Waals surface area contributed by atoms with Gasteiger partial charge in [0.05, 0.1) is 43.0 Å². The monoisotopic (exact) mass is 1080 g/mol. The van der Waals surface area contributed by atoms with E-state index < -0.39 is 45.9 Å². The van der Waals surface area contributed by atoms with Gasteiger partial charge in [0, 0.05) is 21.9 Å². The summed E-state index contributed by atoms with van der Waals surface area (Å²) >= 11 is 15.4. The maximum atomic E-state index is 12.4. The molecule has 0 saturated heterocycles. The zero-order valence-corrected chi connectivity index (χ0v) is 41.5. The van der Waals surface area contributed by atoms with Crippen molar-refractivity contribution in [1.82, 2.24) is 14.4 Å². The third kappa shape index (κ3) is 10.6. The molecule has 21 nitrogen and oxygen atoms in total. The molecule has 360 valence electrons. The van der Waals surface area contributed by atoms with Gasteiger partial charge < -0.3 is 9.84 Å². The van der Waals surface area contributed by atoms with Crippen LogP contribution in [0.1, 0.15) is 30.9 Å². The van der Waals surface area contributed by atoms with Crippen LogP contribution in [-0.4, -0.2) is 76.5 Å². The number of rotatable bonds is 16. The maximum absolute atomic E-state index is 12.4. The van der Waals surface area contributed by atoms with Crippen molar-refractivity contribution in [3.63, 3.8) is 0 Å². The predicted octanol–water partition coefficient (Wildman–Crippen LogP) is 12.3. The highest BCUT2D eigenvalue weighted by molar-refractivity contribution is 7.99. The van der Waals surface area contributed by atoms with Crippen molar-refractivity contribution in [2.75, 3.05) is 18.1 Å². The summed E-state index contributed by atoms with van der Waals surface area (Å²) < 4.78 is 108. The second kappa shape index (κ2) is 19.9. The second-order valence-corrected chi connectivity index (χ2v) is 22.2.